The standard InChI is InChI=1S/C15H17N3O4S/c1-11-3-2-8-18(15(11)20)10-14(19)17-9-12-4-6-13(7-5-12)23(16,21)22/h2-8H,9-10H2,1H3,(H,17,19)(H2,16,21,22). The summed E-state index contributed by atoms with van der Waals surface area (Å²) in [5, 5.41) is 7.68. The maximum atomic E-state index is 11.9. The Morgan fingerprint density at radius 1 is 1.22 bits per heavy atom. The molecule has 0 spiro atoms. The van der Waals surface area contributed by atoms with Gasteiger partial charge in [-0.1, -0.05) is 18.2 Å². The van der Waals surface area contributed by atoms with Gasteiger partial charge in [0, 0.05) is 18.3 Å². The molecule has 0 bridgehead atoms. The molecule has 0 atom stereocenters. The smallest absolute Gasteiger partial charge is 0.253 e. The van der Waals surface area contributed by atoms with Crippen LogP contribution in [0.25, 0.3) is 0 Å². The minimum atomic E-state index is -3.73. The first-order chi connectivity index (χ1) is 10.8. The third kappa shape index (κ3) is 4.51. The van der Waals surface area contributed by atoms with Crippen LogP contribution in [-0.2, 0) is 27.9 Å². The molecule has 3 N–H and O–H groups in total. The van der Waals surface area contributed by atoms with Crippen LogP contribution in [0.4, 0.5) is 0 Å². The van der Waals surface area contributed by atoms with E-state index in [-0.39, 0.29) is 29.5 Å². The Hall–Kier alpha value is -2.45. The van der Waals surface area contributed by atoms with E-state index in [0.717, 1.165) is 5.56 Å². The molecule has 0 unspecified atom stereocenters. The van der Waals surface area contributed by atoms with E-state index in [9.17, 15) is 18.0 Å². The van der Waals surface area contributed by atoms with Crippen molar-refractivity contribution in [3.63, 3.8) is 0 Å². The van der Waals surface area contributed by atoms with E-state index in [1.807, 2.05) is 0 Å². The first kappa shape index (κ1) is 16.9. The van der Waals surface area contributed by atoms with Gasteiger partial charge in [0.05, 0.1) is 4.90 Å². The van der Waals surface area contributed by atoms with Crippen LogP contribution in [0, 0.1) is 6.92 Å². The number of primary sulfonamides is 1. The highest BCUT2D eigenvalue weighted by Crippen LogP contribution is 2.08. The maximum Gasteiger partial charge on any atom is 0.253 e. The average molecular weight is 335 g/mol. The number of amides is 1. The summed E-state index contributed by atoms with van der Waals surface area (Å²) in [7, 11) is -3.73. The van der Waals surface area contributed by atoms with Crippen LogP contribution in [0.15, 0.2) is 52.3 Å². The molecule has 0 saturated heterocycles. The zero-order valence-electron chi connectivity index (χ0n) is 12.5. The molecule has 2 rings (SSSR count). The number of aromatic nitrogens is 1. The molecule has 0 saturated carbocycles. The molecule has 122 valence electrons. The topological polar surface area (TPSA) is 111 Å². The van der Waals surface area contributed by atoms with Gasteiger partial charge in [-0.15, -0.1) is 0 Å². The fourth-order valence-electron chi connectivity index (χ4n) is 1.99. The first-order valence-corrected chi connectivity index (χ1v) is 8.36. The summed E-state index contributed by atoms with van der Waals surface area (Å²) >= 11 is 0. The number of rotatable bonds is 5. The number of carbonyl (C=O) groups excluding carboxylic acids is 1. The maximum absolute atomic E-state index is 11.9. The van der Waals surface area contributed by atoms with Gasteiger partial charge >= 0.3 is 0 Å². The fourth-order valence-corrected chi connectivity index (χ4v) is 2.50. The number of hydrogen-bond acceptors (Lipinski definition) is 4. The fraction of sp³-hybridized carbons (Fsp3) is 0.200. The highest BCUT2D eigenvalue weighted by molar-refractivity contribution is 7.89. The van der Waals surface area contributed by atoms with Gasteiger partial charge in [0.2, 0.25) is 15.9 Å². The molecule has 8 heteroatoms. The lowest BCUT2D eigenvalue weighted by molar-refractivity contribution is -0.121. The lowest BCUT2D eigenvalue weighted by Crippen LogP contribution is -2.32. The van der Waals surface area contributed by atoms with Gasteiger partial charge in [-0.3, -0.25) is 9.59 Å². The molecule has 1 aromatic heterocycles. The zero-order chi connectivity index (χ0) is 17.0. The third-order valence-corrected chi connectivity index (χ3v) is 4.20. The van der Waals surface area contributed by atoms with Crippen molar-refractivity contribution in [2.75, 3.05) is 0 Å². The minimum absolute atomic E-state index is 0.0129. The highest BCUT2D eigenvalue weighted by atomic mass is 32.2. The Morgan fingerprint density at radius 3 is 2.48 bits per heavy atom. The molecule has 0 radical (unpaired) electrons. The molecular formula is C15H17N3O4S. The Kier molecular flexibility index (Phi) is 4.97. The number of sulfonamides is 1. The van der Waals surface area contributed by atoms with Crippen LogP contribution < -0.4 is 16.0 Å². The number of nitrogens with zero attached hydrogens (tertiary/aromatic N) is 1. The molecule has 7 nitrogen and oxygen atoms in total. The SMILES string of the molecule is Cc1cccn(CC(=O)NCc2ccc(S(N)(=O)=O)cc2)c1=O. The van der Waals surface area contributed by atoms with Crippen LogP contribution in [0.2, 0.25) is 0 Å². The van der Waals surface area contributed by atoms with E-state index in [0.29, 0.717) is 5.56 Å². The highest BCUT2D eigenvalue weighted by Gasteiger charge is 2.08. The summed E-state index contributed by atoms with van der Waals surface area (Å²) in [6.45, 7) is 1.84. The zero-order valence-corrected chi connectivity index (χ0v) is 13.3. The predicted octanol–water partition coefficient (Wildman–Crippen LogP) is 0.121. The molecule has 0 aliphatic carbocycles. The average Bonchev–Trinajstić information content (AvgIpc) is 2.49. The van der Waals surface area contributed by atoms with Crippen molar-refractivity contribution in [3.05, 3.63) is 64.1 Å². The van der Waals surface area contributed by atoms with Crippen LogP contribution in [0.1, 0.15) is 11.1 Å². The van der Waals surface area contributed by atoms with Gasteiger partial charge < -0.3 is 9.88 Å². The van der Waals surface area contributed by atoms with Crippen LogP contribution in [0.3, 0.4) is 0 Å². The number of nitrogens with one attached hydrogen (secondary N) is 1. The normalized spacial score (nSPS) is 11.2. The predicted molar refractivity (Wildman–Crippen MR) is 85.1 cm³/mol. The van der Waals surface area contributed by atoms with Gasteiger partial charge in [-0.25, -0.2) is 13.6 Å². The molecule has 1 aromatic carbocycles. The van der Waals surface area contributed by atoms with Crippen LogP contribution in [-0.4, -0.2) is 18.9 Å². The Bertz CT molecular complexity index is 870. The summed E-state index contributed by atoms with van der Waals surface area (Å²) in [5.74, 6) is -0.312. The molecule has 0 aliphatic rings. The Morgan fingerprint density at radius 2 is 1.87 bits per heavy atom. The number of nitrogens with two attached hydrogens (primary N) is 1. The molecule has 1 heterocycles. The van der Waals surface area contributed by atoms with Gasteiger partial charge in [-0.2, -0.15) is 0 Å². The van der Waals surface area contributed by atoms with Crippen molar-refractivity contribution in [1.29, 1.82) is 0 Å². The number of hydrogen-bond donors (Lipinski definition) is 2. The van der Waals surface area contributed by atoms with E-state index < -0.39 is 10.0 Å². The minimum Gasteiger partial charge on any atom is -0.350 e. The summed E-state index contributed by atoms with van der Waals surface area (Å²) < 4.78 is 23.6. The van der Waals surface area contributed by atoms with Gasteiger partial charge in [0.25, 0.3) is 5.56 Å². The van der Waals surface area contributed by atoms with E-state index >= 15 is 0 Å². The van der Waals surface area contributed by atoms with E-state index in [1.165, 1.54) is 16.7 Å². The van der Waals surface area contributed by atoms with E-state index in [4.69, 9.17) is 5.14 Å². The van der Waals surface area contributed by atoms with Gasteiger partial charge in [0.15, 0.2) is 0 Å². The first-order valence-electron chi connectivity index (χ1n) is 6.82. The van der Waals surface area contributed by atoms with E-state index in [2.05, 4.69) is 5.32 Å². The second-order valence-electron chi connectivity index (χ2n) is 5.09. The lowest BCUT2D eigenvalue weighted by Gasteiger charge is -2.08. The molecule has 2 aromatic rings. The third-order valence-electron chi connectivity index (χ3n) is 3.27. The Balaban J connectivity index is 1.97. The number of pyridine rings is 1. The number of carbonyl (C=O) groups is 1. The Labute approximate surface area is 133 Å². The van der Waals surface area contributed by atoms with Crippen molar-refractivity contribution in [2.45, 2.75) is 24.9 Å². The monoisotopic (exact) mass is 335 g/mol. The molecular weight excluding hydrogens is 318 g/mol. The quantitative estimate of drug-likeness (QED) is 0.808. The second-order valence-corrected chi connectivity index (χ2v) is 6.65. The molecule has 0 aliphatic heterocycles. The van der Waals surface area contributed by atoms with Gasteiger partial charge in [-0.05, 0) is 30.7 Å². The summed E-state index contributed by atoms with van der Waals surface area (Å²) in [5.41, 5.74) is 1.08. The number of benzene rings is 1. The van der Waals surface area contributed by atoms with E-state index in [1.54, 1.807) is 37.4 Å². The van der Waals surface area contributed by atoms with Crippen LogP contribution >= 0.6 is 0 Å². The molecule has 0 fully saturated rings. The largest absolute Gasteiger partial charge is 0.350 e. The molecule has 23 heavy (non-hydrogen) atoms. The van der Waals surface area contributed by atoms with Gasteiger partial charge in [0.1, 0.15) is 6.54 Å². The van der Waals surface area contributed by atoms with Crippen molar-refractivity contribution < 1.29 is 13.2 Å². The summed E-state index contributed by atoms with van der Waals surface area (Å²) in [6.07, 6.45) is 1.55. The second kappa shape index (κ2) is 6.76. The van der Waals surface area contributed by atoms with Crippen molar-refractivity contribution in [3.8, 4) is 0 Å². The van der Waals surface area contributed by atoms with Crippen LogP contribution in [0.5, 0.6) is 0 Å². The van der Waals surface area contributed by atoms with Crippen molar-refractivity contribution in [2.24, 2.45) is 5.14 Å². The van der Waals surface area contributed by atoms with Crippen molar-refractivity contribution >= 4 is 15.9 Å². The summed E-state index contributed by atoms with van der Waals surface area (Å²) in [6, 6.07) is 9.28. The lowest BCUT2D eigenvalue weighted by atomic mass is 10.2. The molecule has 1 amide bonds. The van der Waals surface area contributed by atoms with Crippen molar-refractivity contribution in [1.82, 2.24) is 9.88 Å². The number of aryl methyl sites for hydroxylation is 1. The summed E-state index contributed by atoms with van der Waals surface area (Å²) in [4.78, 5) is 23.7.